The van der Waals surface area contributed by atoms with Crippen molar-refractivity contribution in [2.24, 2.45) is 0 Å². The van der Waals surface area contributed by atoms with Gasteiger partial charge < -0.3 is 4.90 Å². The minimum Gasteiger partial charge on any atom is -0.324 e. The topological polar surface area (TPSA) is 75.2 Å². The van der Waals surface area contributed by atoms with Crippen molar-refractivity contribution in [2.75, 3.05) is 11.9 Å². The molecule has 6 nitrogen and oxygen atoms in total. The second-order valence-electron chi connectivity index (χ2n) is 4.91. The number of carbonyl (C=O) groups excluding carboxylic acids is 2. The number of aromatic nitrogens is 2. The SMILES string of the molecule is CN(C1=CC(=O)NC1=O)c1ncnc2scc(-c3cccs3)c12.Cl. The molecule has 0 saturated heterocycles. The number of anilines is 1. The molecule has 0 aliphatic carbocycles. The first-order chi connectivity index (χ1) is 11.1. The van der Waals surface area contributed by atoms with E-state index in [0.29, 0.717) is 5.82 Å². The minimum atomic E-state index is -0.419. The molecule has 0 fully saturated rings. The van der Waals surface area contributed by atoms with Gasteiger partial charge in [-0.2, -0.15) is 0 Å². The normalized spacial score (nSPS) is 13.6. The second-order valence-corrected chi connectivity index (χ2v) is 6.72. The summed E-state index contributed by atoms with van der Waals surface area (Å²) in [6.45, 7) is 0. The van der Waals surface area contributed by atoms with Crippen LogP contribution < -0.4 is 10.2 Å². The summed E-state index contributed by atoms with van der Waals surface area (Å²) in [5.41, 5.74) is 1.31. The Hall–Kier alpha value is -2.29. The molecule has 0 unspecified atom stereocenters. The molecule has 1 N–H and O–H groups in total. The first-order valence-corrected chi connectivity index (χ1v) is 8.48. The molecular weight excluding hydrogens is 368 g/mol. The molecule has 0 saturated carbocycles. The van der Waals surface area contributed by atoms with Gasteiger partial charge in [-0.3, -0.25) is 14.9 Å². The predicted molar refractivity (Wildman–Crippen MR) is 97.6 cm³/mol. The van der Waals surface area contributed by atoms with E-state index >= 15 is 0 Å². The van der Waals surface area contributed by atoms with E-state index in [-0.39, 0.29) is 18.1 Å². The molecule has 0 radical (unpaired) electrons. The van der Waals surface area contributed by atoms with E-state index in [0.717, 1.165) is 20.7 Å². The number of hydrogen-bond acceptors (Lipinski definition) is 7. The van der Waals surface area contributed by atoms with Crippen LogP contribution in [0.25, 0.3) is 20.7 Å². The minimum absolute atomic E-state index is 0. The van der Waals surface area contributed by atoms with Crippen molar-refractivity contribution in [2.45, 2.75) is 0 Å². The lowest BCUT2D eigenvalue weighted by atomic mass is 10.2. The van der Waals surface area contributed by atoms with Crippen LogP contribution in [-0.4, -0.2) is 28.8 Å². The summed E-state index contributed by atoms with van der Waals surface area (Å²) in [6, 6.07) is 4.02. The quantitative estimate of drug-likeness (QED) is 0.709. The Balaban J connectivity index is 0.00000169. The number of hydrogen-bond donors (Lipinski definition) is 1. The Morgan fingerprint density at radius 3 is 2.71 bits per heavy atom. The molecule has 2 amide bonds. The Labute approximate surface area is 151 Å². The van der Waals surface area contributed by atoms with E-state index in [2.05, 4.69) is 15.3 Å². The van der Waals surface area contributed by atoms with Crippen LogP contribution in [0, 0.1) is 0 Å². The van der Waals surface area contributed by atoms with Crippen LogP contribution in [-0.2, 0) is 9.59 Å². The maximum absolute atomic E-state index is 11.9. The molecule has 0 bridgehead atoms. The number of carbonyl (C=O) groups is 2. The van der Waals surface area contributed by atoms with Crippen LogP contribution in [0.1, 0.15) is 0 Å². The van der Waals surface area contributed by atoms with Gasteiger partial charge in [0.25, 0.3) is 11.8 Å². The summed E-state index contributed by atoms with van der Waals surface area (Å²) in [4.78, 5) is 35.6. The first kappa shape index (κ1) is 16.6. The van der Waals surface area contributed by atoms with Crippen molar-refractivity contribution in [3.8, 4) is 10.4 Å². The zero-order chi connectivity index (χ0) is 16.0. The largest absolute Gasteiger partial charge is 0.324 e. The molecule has 4 heterocycles. The number of rotatable bonds is 3. The van der Waals surface area contributed by atoms with Crippen molar-refractivity contribution < 1.29 is 9.59 Å². The van der Waals surface area contributed by atoms with Gasteiger partial charge in [0.15, 0.2) is 0 Å². The molecule has 0 spiro atoms. The van der Waals surface area contributed by atoms with Crippen molar-refractivity contribution in [1.82, 2.24) is 15.3 Å². The number of halogens is 1. The average Bonchev–Trinajstić information content (AvgIpc) is 3.24. The number of amides is 2. The van der Waals surface area contributed by atoms with Crippen LogP contribution in [0.4, 0.5) is 5.82 Å². The van der Waals surface area contributed by atoms with Gasteiger partial charge in [0.05, 0.1) is 5.39 Å². The maximum Gasteiger partial charge on any atom is 0.274 e. The summed E-state index contributed by atoms with van der Waals surface area (Å²) in [6.07, 6.45) is 2.76. The molecule has 3 aromatic heterocycles. The third-order valence-electron chi connectivity index (χ3n) is 3.55. The first-order valence-electron chi connectivity index (χ1n) is 6.72. The molecular formula is C15H11ClN4O2S2. The van der Waals surface area contributed by atoms with Crippen LogP contribution in [0.15, 0.2) is 41.0 Å². The standard InChI is InChI=1S/C15H10N4O2S2.ClH/c1-19(9-5-11(20)18-14(9)21)13-12-8(10-3-2-4-22-10)6-23-15(12)17-7-16-13;/h2-7H,1H3,(H,18,20,21);1H. The summed E-state index contributed by atoms with van der Waals surface area (Å²) in [5, 5.41) is 7.19. The van der Waals surface area contributed by atoms with Gasteiger partial charge in [0.1, 0.15) is 22.7 Å². The molecule has 122 valence electrons. The zero-order valence-electron chi connectivity index (χ0n) is 12.3. The van der Waals surface area contributed by atoms with Gasteiger partial charge in [0, 0.05) is 28.9 Å². The number of nitrogens with zero attached hydrogens (tertiary/aromatic N) is 3. The Morgan fingerprint density at radius 2 is 2.04 bits per heavy atom. The van der Waals surface area contributed by atoms with Gasteiger partial charge >= 0.3 is 0 Å². The third kappa shape index (κ3) is 2.58. The smallest absolute Gasteiger partial charge is 0.274 e. The summed E-state index contributed by atoms with van der Waals surface area (Å²) in [5.74, 6) is -0.223. The number of thiophene rings is 2. The van der Waals surface area contributed by atoms with E-state index in [1.54, 1.807) is 23.3 Å². The number of imide groups is 1. The highest BCUT2D eigenvalue weighted by molar-refractivity contribution is 7.18. The Bertz CT molecular complexity index is 965. The van der Waals surface area contributed by atoms with Gasteiger partial charge in [-0.05, 0) is 11.4 Å². The van der Waals surface area contributed by atoms with Crippen molar-refractivity contribution in [1.29, 1.82) is 0 Å². The molecule has 24 heavy (non-hydrogen) atoms. The zero-order valence-corrected chi connectivity index (χ0v) is 14.8. The van der Waals surface area contributed by atoms with Crippen molar-refractivity contribution >= 4 is 62.9 Å². The highest BCUT2D eigenvalue weighted by atomic mass is 35.5. The molecule has 9 heteroatoms. The van der Waals surface area contributed by atoms with E-state index in [1.165, 1.54) is 23.7 Å². The summed E-state index contributed by atoms with van der Waals surface area (Å²) >= 11 is 3.16. The maximum atomic E-state index is 11.9. The van der Waals surface area contributed by atoms with Gasteiger partial charge in [-0.1, -0.05) is 6.07 Å². The van der Waals surface area contributed by atoms with Gasteiger partial charge in [-0.15, -0.1) is 35.1 Å². The van der Waals surface area contributed by atoms with E-state index in [4.69, 9.17) is 0 Å². The van der Waals surface area contributed by atoms with Crippen LogP contribution >= 0.6 is 35.1 Å². The molecule has 0 aromatic carbocycles. The fourth-order valence-electron chi connectivity index (χ4n) is 2.49. The molecule has 4 rings (SSSR count). The molecule has 0 atom stereocenters. The number of nitrogens with one attached hydrogen (secondary N) is 1. The lowest BCUT2D eigenvalue weighted by molar-refractivity contribution is -0.123. The van der Waals surface area contributed by atoms with Crippen molar-refractivity contribution in [3.63, 3.8) is 0 Å². The fraction of sp³-hybridized carbons (Fsp3) is 0.0667. The van der Waals surface area contributed by atoms with Crippen molar-refractivity contribution in [3.05, 3.63) is 41.0 Å². The molecule has 1 aliphatic rings. The average molecular weight is 379 g/mol. The molecule has 3 aromatic rings. The van der Waals surface area contributed by atoms with Crippen LogP contribution in [0.2, 0.25) is 0 Å². The second kappa shape index (κ2) is 6.31. The summed E-state index contributed by atoms with van der Waals surface area (Å²) < 4.78 is 0. The monoisotopic (exact) mass is 378 g/mol. The number of fused-ring (bicyclic) bond motifs is 1. The predicted octanol–water partition coefficient (Wildman–Crippen LogP) is 2.82. The Morgan fingerprint density at radius 1 is 1.21 bits per heavy atom. The van der Waals surface area contributed by atoms with E-state index in [9.17, 15) is 9.59 Å². The highest BCUT2D eigenvalue weighted by Crippen LogP contribution is 2.40. The van der Waals surface area contributed by atoms with E-state index in [1.807, 2.05) is 22.9 Å². The highest BCUT2D eigenvalue weighted by Gasteiger charge is 2.27. The molecule has 1 aliphatic heterocycles. The summed E-state index contributed by atoms with van der Waals surface area (Å²) in [7, 11) is 1.72. The van der Waals surface area contributed by atoms with Gasteiger partial charge in [0.2, 0.25) is 0 Å². The lowest BCUT2D eigenvalue weighted by Crippen LogP contribution is -2.29. The third-order valence-corrected chi connectivity index (χ3v) is 5.34. The van der Waals surface area contributed by atoms with Crippen LogP contribution in [0.5, 0.6) is 0 Å². The number of likely N-dealkylation sites (N-methyl/N-ethyl adjacent to an activating group) is 1. The lowest BCUT2D eigenvalue weighted by Gasteiger charge is -2.18. The Kier molecular flexibility index (Phi) is 4.35. The van der Waals surface area contributed by atoms with E-state index < -0.39 is 11.8 Å². The fourth-order valence-corrected chi connectivity index (χ4v) is 4.22. The van der Waals surface area contributed by atoms with Gasteiger partial charge in [-0.25, -0.2) is 9.97 Å². The van der Waals surface area contributed by atoms with Crippen LogP contribution in [0.3, 0.4) is 0 Å².